The average Bonchev–Trinajstić information content (AvgIpc) is 2.43. The maximum atomic E-state index is 5.85. The zero-order valence-electron chi connectivity index (χ0n) is 11.6. The third-order valence-electron chi connectivity index (χ3n) is 2.72. The fourth-order valence-corrected chi connectivity index (χ4v) is 2.05. The number of nitrogen functional groups attached to an aromatic ring is 1. The molecule has 1 aromatic carbocycles. The summed E-state index contributed by atoms with van der Waals surface area (Å²) < 4.78 is 6.51. The molecule has 0 aliphatic carbocycles. The maximum Gasteiger partial charge on any atom is 0.239 e. The number of ether oxygens (including phenoxy) is 1. The molecule has 3 N–H and O–H groups in total. The van der Waals surface area contributed by atoms with E-state index in [0.717, 1.165) is 16.6 Å². The Bertz CT molecular complexity index is 602. The predicted octanol–water partition coefficient (Wildman–Crippen LogP) is 4.27. The first-order chi connectivity index (χ1) is 9.60. The first-order valence-corrected chi connectivity index (χ1v) is 7.32. The Morgan fingerprint density at radius 2 is 2.10 bits per heavy atom. The predicted molar refractivity (Wildman–Crippen MR) is 86.6 cm³/mol. The fraction of sp³-hybridized carbons (Fsp3) is 0.267. The van der Waals surface area contributed by atoms with Gasteiger partial charge in [0.25, 0.3) is 0 Å². The van der Waals surface area contributed by atoms with Crippen LogP contribution in [0.1, 0.15) is 18.9 Å². The lowest BCUT2D eigenvalue weighted by molar-refractivity contribution is 0.307. The average molecular weight is 336 g/mol. The number of nitrogens with zero attached hydrogens (tertiary/aromatic N) is 1. The van der Waals surface area contributed by atoms with Crippen molar-refractivity contribution >= 4 is 33.1 Å². The molecule has 0 atom stereocenters. The third-order valence-corrected chi connectivity index (χ3v) is 3.41. The number of aryl methyl sites for hydroxylation is 1. The van der Waals surface area contributed by atoms with E-state index in [9.17, 15) is 0 Å². The Morgan fingerprint density at radius 3 is 2.85 bits per heavy atom. The lowest BCUT2D eigenvalue weighted by Gasteiger charge is -2.12. The van der Waals surface area contributed by atoms with Crippen molar-refractivity contribution in [2.24, 2.45) is 0 Å². The number of nitrogens with one attached hydrogen (secondary N) is 1. The number of pyridine rings is 1. The van der Waals surface area contributed by atoms with Gasteiger partial charge in [0.15, 0.2) is 0 Å². The summed E-state index contributed by atoms with van der Waals surface area (Å²) in [5.74, 6) is 1.18. The molecule has 1 aromatic heterocycles. The number of hydrogen-bond acceptors (Lipinski definition) is 4. The number of benzene rings is 1. The van der Waals surface area contributed by atoms with Crippen LogP contribution in [0.25, 0.3) is 0 Å². The number of hydrogen-bond donors (Lipinski definition) is 2. The van der Waals surface area contributed by atoms with E-state index in [4.69, 9.17) is 10.5 Å². The molecule has 0 amide bonds. The Labute approximate surface area is 127 Å². The van der Waals surface area contributed by atoms with Gasteiger partial charge >= 0.3 is 0 Å². The van der Waals surface area contributed by atoms with E-state index in [1.807, 2.05) is 32.0 Å². The number of aromatic nitrogens is 1. The van der Waals surface area contributed by atoms with Crippen molar-refractivity contribution in [1.82, 2.24) is 4.98 Å². The molecule has 4 nitrogen and oxygen atoms in total. The summed E-state index contributed by atoms with van der Waals surface area (Å²) in [7, 11) is 0. The first kappa shape index (κ1) is 14.7. The number of nitrogens with two attached hydrogens (primary N) is 1. The quantitative estimate of drug-likeness (QED) is 0.856. The summed E-state index contributed by atoms with van der Waals surface area (Å²) in [6, 6.07) is 9.73. The minimum Gasteiger partial charge on any atom is -0.476 e. The molecule has 0 fully saturated rings. The molecule has 0 saturated heterocycles. The largest absolute Gasteiger partial charge is 0.476 e. The van der Waals surface area contributed by atoms with E-state index >= 15 is 0 Å². The lowest BCUT2D eigenvalue weighted by atomic mass is 10.2. The van der Waals surface area contributed by atoms with Gasteiger partial charge in [-0.05, 0) is 59.1 Å². The molecule has 0 saturated carbocycles. The molecule has 0 spiro atoms. The zero-order valence-corrected chi connectivity index (χ0v) is 13.2. The van der Waals surface area contributed by atoms with Crippen LogP contribution in [0.4, 0.5) is 17.2 Å². The highest BCUT2D eigenvalue weighted by Gasteiger charge is 2.06. The van der Waals surface area contributed by atoms with Crippen LogP contribution in [-0.4, -0.2) is 11.6 Å². The van der Waals surface area contributed by atoms with Gasteiger partial charge in [-0.25, -0.2) is 0 Å². The van der Waals surface area contributed by atoms with Gasteiger partial charge < -0.3 is 15.8 Å². The molecule has 0 aliphatic heterocycles. The normalized spacial score (nSPS) is 10.3. The van der Waals surface area contributed by atoms with Gasteiger partial charge in [0.2, 0.25) is 5.88 Å². The highest BCUT2D eigenvalue weighted by Crippen LogP contribution is 2.28. The molecule has 0 aliphatic rings. The molecular formula is C15H18BrN3O. The van der Waals surface area contributed by atoms with Crippen LogP contribution in [0.15, 0.2) is 34.8 Å². The Balaban J connectivity index is 2.22. The van der Waals surface area contributed by atoms with Crippen molar-refractivity contribution in [3.05, 3.63) is 40.4 Å². The zero-order chi connectivity index (χ0) is 14.5. The number of anilines is 3. The van der Waals surface area contributed by atoms with Crippen molar-refractivity contribution < 1.29 is 4.74 Å². The molecule has 2 aromatic rings. The summed E-state index contributed by atoms with van der Waals surface area (Å²) in [5.41, 5.74) is 8.54. The Hall–Kier alpha value is -1.75. The Morgan fingerprint density at radius 1 is 1.30 bits per heavy atom. The highest BCUT2D eigenvalue weighted by atomic mass is 79.9. The van der Waals surface area contributed by atoms with Gasteiger partial charge in [-0.1, -0.05) is 13.0 Å². The van der Waals surface area contributed by atoms with Crippen LogP contribution in [0.3, 0.4) is 0 Å². The monoisotopic (exact) mass is 335 g/mol. The molecule has 5 heteroatoms. The highest BCUT2D eigenvalue weighted by molar-refractivity contribution is 9.10. The molecule has 1 heterocycles. The van der Waals surface area contributed by atoms with Gasteiger partial charge in [-0.15, -0.1) is 0 Å². The van der Waals surface area contributed by atoms with E-state index < -0.39 is 0 Å². The fourth-order valence-electron chi connectivity index (χ4n) is 1.71. The first-order valence-electron chi connectivity index (χ1n) is 6.52. The topological polar surface area (TPSA) is 60.2 Å². The van der Waals surface area contributed by atoms with Crippen molar-refractivity contribution in [2.45, 2.75) is 20.3 Å². The summed E-state index contributed by atoms with van der Waals surface area (Å²) in [4.78, 5) is 4.40. The van der Waals surface area contributed by atoms with Crippen LogP contribution in [0.2, 0.25) is 0 Å². The number of halogens is 1. The van der Waals surface area contributed by atoms with Gasteiger partial charge in [0.1, 0.15) is 5.82 Å². The van der Waals surface area contributed by atoms with Crippen molar-refractivity contribution in [2.75, 3.05) is 17.7 Å². The summed E-state index contributed by atoms with van der Waals surface area (Å²) >= 11 is 3.52. The van der Waals surface area contributed by atoms with Gasteiger partial charge in [-0.3, -0.25) is 0 Å². The second-order valence-electron chi connectivity index (χ2n) is 4.55. The molecular weight excluding hydrogens is 318 g/mol. The second kappa shape index (κ2) is 6.61. The van der Waals surface area contributed by atoms with E-state index in [2.05, 4.69) is 32.3 Å². The van der Waals surface area contributed by atoms with Crippen molar-refractivity contribution in [1.29, 1.82) is 0 Å². The smallest absolute Gasteiger partial charge is 0.239 e. The molecule has 0 bridgehead atoms. The summed E-state index contributed by atoms with van der Waals surface area (Å²) in [6.07, 6.45) is 0.919. The van der Waals surface area contributed by atoms with Crippen LogP contribution in [0, 0.1) is 6.92 Å². The van der Waals surface area contributed by atoms with Gasteiger partial charge in [-0.2, -0.15) is 4.98 Å². The summed E-state index contributed by atoms with van der Waals surface area (Å²) in [6.45, 7) is 4.70. The maximum absolute atomic E-state index is 5.85. The van der Waals surface area contributed by atoms with Crippen LogP contribution < -0.4 is 15.8 Å². The van der Waals surface area contributed by atoms with Gasteiger partial charge in [0, 0.05) is 4.47 Å². The van der Waals surface area contributed by atoms with Crippen molar-refractivity contribution in [3.8, 4) is 5.88 Å². The molecule has 20 heavy (non-hydrogen) atoms. The van der Waals surface area contributed by atoms with E-state index in [1.165, 1.54) is 5.56 Å². The standard InChI is InChI=1S/C15H18BrN3O/c1-3-8-20-15-12(17)6-7-14(19-15)18-13-9-10(2)4-5-11(13)16/h4-7,9H,3,8,17H2,1-2H3,(H,18,19). The van der Waals surface area contributed by atoms with Crippen molar-refractivity contribution in [3.63, 3.8) is 0 Å². The van der Waals surface area contributed by atoms with Crippen LogP contribution in [-0.2, 0) is 0 Å². The molecule has 106 valence electrons. The van der Waals surface area contributed by atoms with E-state index in [1.54, 1.807) is 6.07 Å². The van der Waals surface area contributed by atoms with Gasteiger partial charge in [0.05, 0.1) is 18.0 Å². The molecule has 0 radical (unpaired) electrons. The van der Waals surface area contributed by atoms with Crippen LogP contribution >= 0.6 is 15.9 Å². The summed E-state index contributed by atoms with van der Waals surface area (Å²) in [5, 5.41) is 3.26. The SMILES string of the molecule is CCCOc1nc(Nc2cc(C)ccc2Br)ccc1N. The molecule has 0 unspecified atom stereocenters. The second-order valence-corrected chi connectivity index (χ2v) is 5.40. The lowest BCUT2D eigenvalue weighted by Crippen LogP contribution is -2.03. The van der Waals surface area contributed by atoms with E-state index in [-0.39, 0.29) is 0 Å². The minimum absolute atomic E-state index is 0.473. The number of rotatable bonds is 5. The Kier molecular flexibility index (Phi) is 4.84. The molecule has 2 rings (SSSR count). The van der Waals surface area contributed by atoms with E-state index in [0.29, 0.717) is 24.0 Å². The third kappa shape index (κ3) is 3.63. The van der Waals surface area contributed by atoms with Crippen LogP contribution in [0.5, 0.6) is 5.88 Å². The minimum atomic E-state index is 0.473.